The van der Waals surface area contributed by atoms with Crippen molar-refractivity contribution in [3.05, 3.63) is 89.1 Å². The molecule has 172 valence electrons. The van der Waals surface area contributed by atoms with Gasteiger partial charge in [0.2, 0.25) is 0 Å². The van der Waals surface area contributed by atoms with E-state index in [0.717, 1.165) is 23.0 Å². The number of aryl methyl sites for hydroxylation is 1. The largest absolute Gasteiger partial charge is 0.495 e. The summed E-state index contributed by atoms with van der Waals surface area (Å²) in [5.74, 6) is -0.0946. The molecule has 0 spiro atoms. The van der Waals surface area contributed by atoms with Crippen LogP contribution in [-0.4, -0.2) is 31.4 Å². The minimum atomic E-state index is -0.636. The van der Waals surface area contributed by atoms with Crippen molar-refractivity contribution < 1.29 is 13.5 Å². The Morgan fingerprint density at radius 1 is 1.03 bits per heavy atom. The number of fused-ring (bicyclic) bond motifs is 1. The summed E-state index contributed by atoms with van der Waals surface area (Å²) in [4.78, 5) is 4.27. The van der Waals surface area contributed by atoms with Gasteiger partial charge in [-0.1, -0.05) is 23.7 Å². The van der Waals surface area contributed by atoms with Gasteiger partial charge in [-0.3, -0.25) is 0 Å². The highest BCUT2D eigenvalue weighted by atomic mass is 35.5. The SMILES string of the molecule is COc1cc(-c2nnc3n([C@@H](C)c4ccc(F)cc4F)cc(Cl)cc2-3)ccc1-n1cnc(C)c1. The normalized spacial score (nSPS) is 12.3. The van der Waals surface area contributed by atoms with Gasteiger partial charge in [-0.2, -0.15) is 0 Å². The van der Waals surface area contributed by atoms with Gasteiger partial charge in [0.1, 0.15) is 23.1 Å². The number of halogens is 3. The predicted molar refractivity (Wildman–Crippen MR) is 126 cm³/mol. The van der Waals surface area contributed by atoms with Crippen molar-refractivity contribution in [3.8, 4) is 34.1 Å². The van der Waals surface area contributed by atoms with Gasteiger partial charge in [-0.05, 0) is 38.1 Å². The number of rotatable bonds is 5. The second-order valence-electron chi connectivity index (χ2n) is 8.00. The number of hydrogen-bond acceptors (Lipinski definition) is 4. The zero-order valence-electron chi connectivity index (χ0n) is 18.6. The lowest BCUT2D eigenvalue weighted by atomic mass is 10.0. The molecular formula is C25H20ClF2N5O. The van der Waals surface area contributed by atoms with Gasteiger partial charge < -0.3 is 13.9 Å². The molecule has 3 heterocycles. The van der Waals surface area contributed by atoms with Crippen molar-refractivity contribution in [3.63, 3.8) is 0 Å². The monoisotopic (exact) mass is 479 g/mol. The van der Waals surface area contributed by atoms with E-state index < -0.39 is 17.7 Å². The second-order valence-corrected chi connectivity index (χ2v) is 8.44. The molecule has 3 aromatic rings. The Kier molecular flexibility index (Phi) is 5.53. The van der Waals surface area contributed by atoms with Crippen LogP contribution < -0.4 is 4.74 Å². The lowest BCUT2D eigenvalue weighted by Crippen LogP contribution is -2.12. The quantitative estimate of drug-likeness (QED) is 0.306. The van der Waals surface area contributed by atoms with Crippen molar-refractivity contribution >= 4 is 11.6 Å². The Bertz CT molecular complexity index is 1480. The number of nitrogens with zero attached hydrogens (tertiary/aromatic N) is 5. The Labute approximate surface area is 199 Å². The summed E-state index contributed by atoms with van der Waals surface area (Å²) in [6, 6.07) is 10.5. The molecule has 0 saturated heterocycles. The lowest BCUT2D eigenvalue weighted by Gasteiger charge is -2.20. The first-order valence-electron chi connectivity index (χ1n) is 10.5. The minimum Gasteiger partial charge on any atom is -0.495 e. The Morgan fingerprint density at radius 2 is 1.85 bits per heavy atom. The Morgan fingerprint density at radius 3 is 2.56 bits per heavy atom. The van der Waals surface area contributed by atoms with Gasteiger partial charge in [0.15, 0.2) is 5.82 Å². The third kappa shape index (κ3) is 3.80. The van der Waals surface area contributed by atoms with Crippen LogP contribution in [0.2, 0.25) is 5.02 Å². The van der Waals surface area contributed by atoms with Gasteiger partial charge in [0, 0.05) is 35.2 Å². The molecule has 34 heavy (non-hydrogen) atoms. The maximum Gasteiger partial charge on any atom is 0.165 e. The van der Waals surface area contributed by atoms with E-state index >= 15 is 0 Å². The summed E-state index contributed by atoms with van der Waals surface area (Å²) < 4.78 is 37.1. The molecule has 5 rings (SSSR count). The maximum absolute atomic E-state index is 14.5. The summed E-state index contributed by atoms with van der Waals surface area (Å²) in [6.45, 7) is 3.71. The Balaban J connectivity index is 1.58. The molecule has 0 radical (unpaired) electrons. The van der Waals surface area contributed by atoms with Crippen LogP contribution in [0.15, 0.2) is 61.2 Å². The van der Waals surface area contributed by atoms with Crippen molar-refractivity contribution in [1.29, 1.82) is 0 Å². The number of ether oxygens (including phenoxy) is 1. The summed E-state index contributed by atoms with van der Waals surface area (Å²) in [5.41, 5.74) is 4.16. The van der Waals surface area contributed by atoms with Crippen LogP contribution in [0.25, 0.3) is 28.3 Å². The van der Waals surface area contributed by atoms with E-state index in [1.807, 2.05) is 35.9 Å². The average molecular weight is 480 g/mol. The summed E-state index contributed by atoms with van der Waals surface area (Å²) in [5, 5.41) is 9.22. The maximum atomic E-state index is 14.5. The van der Waals surface area contributed by atoms with Crippen LogP contribution >= 0.6 is 11.6 Å². The molecule has 0 amide bonds. The highest BCUT2D eigenvalue weighted by molar-refractivity contribution is 6.30. The van der Waals surface area contributed by atoms with Crippen LogP contribution in [-0.2, 0) is 0 Å². The molecule has 0 N–H and O–H groups in total. The fourth-order valence-electron chi connectivity index (χ4n) is 4.09. The van der Waals surface area contributed by atoms with Crippen LogP contribution in [0, 0.1) is 18.6 Å². The van der Waals surface area contributed by atoms with E-state index in [2.05, 4.69) is 15.2 Å². The first-order valence-corrected chi connectivity index (χ1v) is 10.9. The van der Waals surface area contributed by atoms with E-state index in [1.54, 1.807) is 37.2 Å². The van der Waals surface area contributed by atoms with Gasteiger partial charge in [-0.15, -0.1) is 10.2 Å². The number of aromatic nitrogens is 5. The smallest absolute Gasteiger partial charge is 0.165 e. The average Bonchev–Trinajstić information content (AvgIpc) is 3.44. The van der Waals surface area contributed by atoms with E-state index in [0.29, 0.717) is 33.4 Å². The van der Waals surface area contributed by atoms with Crippen molar-refractivity contribution in [2.24, 2.45) is 0 Å². The standard InChI is InChI=1S/C25H20ClF2N5O/c1-14-11-32(13-29-14)22-7-4-16(8-23(22)34-3)24-20-9-17(26)12-33(25(20)31-30-24)15(2)19-6-5-18(27)10-21(19)28/h4-13,15H,1-3H3/t15-/m0/s1. The fourth-order valence-corrected chi connectivity index (χ4v) is 4.31. The van der Waals surface area contributed by atoms with E-state index in [1.165, 1.54) is 12.1 Å². The molecule has 2 aromatic carbocycles. The summed E-state index contributed by atoms with van der Waals surface area (Å²) in [7, 11) is 1.60. The van der Waals surface area contributed by atoms with Crippen molar-refractivity contribution in [2.75, 3.05) is 7.11 Å². The molecule has 1 atom stereocenters. The van der Waals surface area contributed by atoms with E-state index in [9.17, 15) is 8.78 Å². The molecule has 0 unspecified atom stereocenters. The molecule has 0 fully saturated rings. The molecule has 2 aliphatic rings. The Hall–Kier alpha value is -3.78. The topological polar surface area (TPSA) is 57.8 Å². The number of pyridine rings is 1. The third-order valence-corrected chi connectivity index (χ3v) is 6.01. The van der Waals surface area contributed by atoms with Crippen LogP contribution in [0.3, 0.4) is 0 Å². The molecule has 1 aromatic heterocycles. The minimum absolute atomic E-state index is 0.321. The fraction of sp³-hybridized carbons (Fsp3) is 0.160. The first-order chi connectivity index (χ1) is 16.4. The molecule has 9 heteroatoms. The van der Waals surface area contributed by atoms with Crippen molar-refractivity contribution in [1.82, 2.24) is 24.3 Å². The van der Waals surface area contributed by atoms with Crippen molar-refractivity contribution in [2.45, 2.75) is 19.9 Å². The molecule has 6 nitrogen and oxygen atoms in total. The number of hydrogen-bond donors (Lipinski definition) is 0. The second kappa shape index (κ2) is 8.53. The van der Waals surface area contributed by atoms with Crippen LogP contribution in [0.5, 0.6) is 5.75 Å². The summed E-state index contributed by atoms with van der Waals surface area (Å²) in [6.07, 6.45) is 5.30. The highest BCUT2D eigenvalue weighted by Gasteiger charge is 2.24. The van der Waals surface area contributed by atoms with Crippen LogP contribution in [0.1, 0.15) is 24.2 Å². The number of benzene rings is 2. The predicted octanol–water partition coefficient (Wildman–Crippen LogP) is 6.09. The van der Waals surface area contributed by atoms with Gasteiger partial charge in [-0.25, -0.2) is 13.8 Å². The zero-order chi connectivity index (χ0) is 24.0. The molecule has 0 aliphatic carbocycles. The molecule has 2 aliphatic heterocycles. The van der Waals surface area contributed by atoms with Crippen LogP contribution in [0.4, 0.5) is 8.78 Å². The number of imidazole rings is 1. The van der Waals surface area contributed by atoms with E-state index in [-0.39, 0.29) is 0 Å². The highest BCUT2D eigenvalue weighted by Crippen LogP contribution is 2.38. The van der Waals surface area contributed by atoms with E-state index in [4.69, 9.17) is 16.3 Å². The third-order valence-electron chi connectivity index (χ3n) is 5.80. The first kappa shape index (κ1) is 22.0. The van der Waals surface area contributed by atoms with Gasteiger partial charge in [0.25, 0.3) is 0 Å². The molecule has 0 bridgehead atoms. The lowest BCUT2D eigenvalue weighted by molar-refractivity contribution is 0.413. The summed E-state index contributed by atoms with van der Waals surface area (Å²) >= 11 is 6.44. The number of methoxy groups -OCH3 is 1. The van der Waals surface area contributed by atoms with Gasteiger partial charge >= 0.3 is 0 Å². The van der Waals surface area contributed by atoms with Gasteiger partial charge in [0.05, 0.1) is 35.9 Å². The molecular weight excluding hydrogens is 460 g/mol. The molecule has 0 saturated carbocycles. The zero-order valence-corrected chi connectivity index (χ0v) is 19.4.